The zero-order chi connectivity index (χ0) is 14.0. The van der Waals surface area contributed by atoms with Crippen LogP contribution in [0.25, 0.3) is 0 Å². The second-order valence-corrected chi connectivity index (χ2v) is 4.60. The lowest BCUT2D eigenvalue weighted by Gasteiger charge is -2.30. The lowest BCUT2D eigenvalue weighted by Crippen LogP contribution is -2.43. The van der Waals surface area contributed by atoms with E-state index in [1.165, 1.54) is 0 Å². The van der Waals surface area contributed by atoms with Gasteiger partial charge < -0.3 is 21.5 Å². The number of nitrogens with two attached hydrogens (primary N) is 2. The van der Waals surface area contributed by atoms with Crippen molar-refractivity contribution in [2.24, 2.45) is 5.73 Å². The fourth-order valence-electron chi connectivity index (χ4n) is 2.24. The third-order valence-corrected chi connectivity index (χ3v) is 3.13. The Hall–Kier alpha value is -2.27. The van der Waals surface area contributed by atoms with Crippen molar-refractivity contribution in [2.75, 3.05) is 23.7 Å². The lowest BCUT2D eigenvalue weighted by atomic mass is 10.1. The molecule has 2 rings (SSSR count). The van der Waals surface area contributed by atoms with Gasteiger partial charge in [-0.2, -0.15) is 10.4 Å². The number of carboxylic acids is 1. The van der Waals surface area contributed by atoms with E-state index in [0.29, 0.717) is 12.4 Å². The summed E-state index contributed by atoms with van der Waals surface area (Å²) in [6, 6.07) is 2.02. The third kappa shape index (κ3) is 2.61. The van der Waals surface area contributed by atoms with Crippen LogP contribution >= 0.6 is 0 Å². The minimum atomic E-state index is -1.06. The van der Waals surface area contributed by atoms with Gasteiger partial charge in [-0.1, -0.05) is 0 Å². The summed E-state index contributed by atoms with van der Waals surface area (Å²) >= 11 is 0. The number of aliphatic carboxylic acids is 1. The van der Waals surface area contributed by atoms with Crippen molar-refractivity contribution < 1.29 is 9.90 Å². The Kier molecular flexibility index (Phi) is 3.57. The number of hydrogen-bond acceptors (Lipinski definition) is 6. The first-order valence-corrected chi connectivity index (χ1v) is 6.01. The Labute approximate surface area is 110 Å². The summed E-state index contributed by atoms with van der Waals surface area (Å²) in [4.78, 5) is 12.6. The first-order valence-electron chi connectivity index (χ1n) is 6.01. The van der Waals surface area contributed by atoms with Crippen LogP contribution in [-0.4, -0.2) is 40.0 Å². The molecule has 1 aromatic heterocycles. The number of nitriles is 1. The number of nitrogens with zero attached hydrogens (tertiary/aromatic N) is 4. The van der Waals surface area contributed by atoms with E-state index < -0.39 is 5.97 Å². The number of piperidine rings is 1. The van der Waals surface area contributed by atoms with E-state index in [4.69, 9.17) is 21.8 Å². The summed E-state index contributed by atoms with van der Waals surface area (Å²) in [5.74, 6) is -0.545. The minimum absolute atomic E-state index is 0.0335. The summed E-state index contributed by atoms with van der Waals surface area (Å²) in [6.07, 6.45) is 1.85. The molecule has 0 saturated carbocycles. The summed E-state index contributed by atoms with van der Waals surface area (Å²) in [5, 5.41) is 22.1. The summed E-state index contributed by atoms with van der Waals surface area (Å²) in [5.41, 5.74) is 11.9. The highest BCUT2D eigenvalue weighted by Gasteiger charge is 2.25. The Balaban J connectivity index is 2.34. The van der Waals surface area contributed by atoms with E-state index in [9.17, 15) is 4.79 Å². The molecule has 5 N–H and O–H groups in total. The van der Waals surface area contributed by atoms with Gasteiger partial charge in [0.1, 0.15) is 24.0 Å². The van der Waals surface area contributed by atoms with E-state index in [2.05, 4.69) is 5.10 Å². The fraction of sp³-hybridized carbons (Fsp3) is 0.545. The van der Waals surface area contributed by atoms with Crippen molar-refractivity contribution in [3.8, 4) is 6.07 Å². The molecular formula is C11H16N6O2. The molecule has 0 amide bonds. The molecule has 1 atom stereocenters. The van der Waals surface area contributed by atoms with Crippen molar-refractivity contribution in [1.82, 2.24) is 9.78 Å². The molecule has 1 saturated heterocycles. The van der Waals surface area contributed by atoms with Crippen LogP contribution in [0.4, 0.5) is 11.6 Å². The molecule has 0 spiro atoms. The molecule has 1 aliphatic heterocycles. The molecule has 0 aromatic carbocycles. The van der Waals surface area contributed by atoms with Gasteiger partial charge >= 0.3 is 5.97 Å². The van der Waals surface area contributed by atoms with Crippen LogP contribution < -0.4 is 16.4 Å². The van der Waals surface area contributed by atoms with Crippen LogP contribution in [0.2, 0.25) is 0 Å². The van der Waals surface area contributed by atoms with Gasteiger partial charge in [0, 0.05) is 19.1 Å². The van der Waals surface area contributed by atoms with Crippen molar-refractivity contribution in [3.63, 3.8) is 0 Å². The monoisotopic (exact) mass is 264 g/mol. The molecular weight excluding hydrogens is 248 g/mol. The topological polar surface area (TPSA) is 134 Å². The largest absolute Gasteiger partial charge is 0.480 e. The zero-order valence-corrected chi connectivity index (χ0v) is 10.4. The maximum atomic E-state index is 10.7. The smallest absolute Gasteiger partial charge is 0.325 e. The maximum Gasteiger partial charge on any atom is 0.325 e. The average molecular weight is 264 g/mol. The van der Waals surface area contributed by atoms with Crippen molar-refractivity contribution in [2.45, 2.75) is 25.4 Å². The molecule has 0 aliphatic carbocycles. The number of hydrogen-bond donors (Lipinski definition) is 3. The minimum Gasteiger partial charge on any atom is -0.480 e. The molecule has 1 unspecified atom stereocenters. The summed E-state index contributed by atoms with van der Waals surface area (Å²) in [7, 11) is 0. The molecule has 2 heterocycles. The normalized spacial score (nSPS) is 19.2. The van der Waals surface area contributed by atoms with Gasteiger partial charge in [0.05, 0.1) is 0 Å². The molecule has 1 aromatic rings. The van der Waals surface area contributed by atoms with Crippen LogP contribution in [0.15, 0.2) is 0 Å². The number of carboxylic acid groups (broad SMARTS) is 1. The lowest BCUT2D eigenvalue weighted by molar-refractivity contribution is -0.137. The van der Waals surface area contributed by atoms with Gasteiger partial charge in [-0.05, 0) is 12.8 Å². The second kappa shape index (κ2) is 5.16. The Morgan fingerprint density at radius 1 is 1.63 bits per heavy atom. The number of carbonyl (C=O) groups is 1. The summed E-state index contributed by atoms with van der Waals surface area (Å²) < 4.78 is 1.14. The third-order valence-electron chi connectivity index (χ3n) is 3.13. The van der Waals surface area contributed by atoms with Gasteiger partial charge in [-0.3, -0.25) is 4.79 Å². The van der Waals surface area contributed by atoms with E-state index in [0.717, 1.165) is 24.1 Å². The Morgan fingerprint density at radius 3 is 2.95 bits per heavy atom. The Bertz CT molecular complexity index is 532. The molecule has 8 heteroatoms. The Morgan fingerprint density at radius 2 is 2.37 bits per heavy atom. The predicted octanol–water partition coefficient (Wildman–Crippen LogP) is -0.651. The zero-order valence-electron chi connectivity index (χ0n) is 10.4. The van der Waals surface area contributed by atoms with Crippen LogP contribution in [-0.2, 0) is 11.3 Å². The number of rotatable bonds is 3. The molecule has 8 nitrogen and oxygen atoms in total. The fourth-order valence-corrected chi connectivity index (χ4v) is 2.24. The van der Waals surface area contributed by atoms with E-state index in [1.807, 2.05) is 11.0 Å². The molecule has 0 bridgehead atoms. The number of nitrogen functional groups attached to an aromatic ring is 1. The molecule has 19 heavy (non-hydrogen) atoms. The predicted molar refractivity (Wildman–Crippen MR) is 68.4 cm³/mol. The van der Waals surface area contributed by atoms with Gasteiger partial charge in [-0.15, -0.1) is 0 Å². The highest BCUT2D eigenvalue weighted by molar-refractivity contribution is 5.70. The molecule has 102 valence electrons. The number of anilines is 2. The highest BCUT2D eigenvalue weighted by atomic mass is 16.4. The van der Waals surface area contributed by atoms with E-state index in [1.54, 1.807) is 0 Å². The maximum absolute atomic E-state index is 10.7. The molecule has 1 fully saturated rings. The van der Waals surface area contributed by atoms with Gasteiger partial charge in [0.2, 0.25) is 0 Å². The van der Waals surface area contributed by atoms with Gasteiger partial charge in [0.15, 0.2) is 5.82 Å². The number of aromatic nitrogens is 2. The van der Waals surface area contributed by atoms with Crippen LogP contribution in [0, 0.1) is 11.3 Å². The molecule has 1 aliphatic rings. The van der Waals surface area contributed by atoms with E-state index in [-0.39, 0.29) is 24.0 Å². The van der Waals surface area contributed by atoms with Gasteiger partial charge in [-0.25, -0.2) is 4.68 Å². The van der Waals surface area contributed by atoms with Crippen LogP contribution in [0.3, 0.4) is 0 Å². The quantitative estimate of drug-likeness (QED) is 0.660. The van der Waals surface area contributed by atoms with Crippen LogP contribution in [0.1, 0.15) is 18.4 Å². The SMILES string of the molecule is N#Cc1c(N2CCCC(N)C2)nn(CC(=O)O)c1N. The van der Waals surface area contributed by atoms with E-state index >= 15 is 0 Å². The molecule has 0 radical (unpaired) electrons. The first kappa shape index (κ1) is 13.2. The standard InChI is InChI=1S/C11H16N6O2/c12-4-8-10(14)17(6-9(18)19)15-11(8)16-3-1-2-7(13)5-16/h7H,1-3,5-6,13-14H2,(H,18,19). The van der Waals surface area contributed by atoms with Crippen molar-refractivity contribution >= 4 is 17.6 Å². The van der Waals surface area contributed by atoms with Crippen molar-refractivity contribution in [1.29, 1.82) is 5.26 Å². The average Bonchev–Trinajstić information content (AvgIpc) is 2.65. The van der Waals surface area contributed by atoms with Crippen LogP contribution in [0.5, 0.6) is 0 Å². The summed E-state index contributed by atoms with van der Waals surface area (Å²) in [6.45, 7) is 0.977. The van der Waals surface area contributed by atoms with Gasteiger partial charge in [0.25, 0.3) is 0 Å². The first-order chi connectivity index (χ1) is 9.02. The highest BCUT2D eigenvalue weighted by Crippen LogP contribution is 2.26. The van der Waals surface area contributed by atoms with Crippen molar-refractivity contribution in [3.05, 3.63) is 5.56 Å². The second-order valence-electron chi connectivity index (χ2n) is 4.60.